The average molecular weight is 736 g/mol. The zero-order valence-corrected chi connectivity index (χ0v) is 35.2. The highest BCUT2D eigenvalue weighted by molar-refractivity contribution is 5.80. The molecule has 0 aromatic heterocycles. The van der Waals surface area contributed by atoms with Gasteiger partial charge in [0, 0.05) is 0 Å². The third-order valence-corrected chi connectivity index (χ3v) is 11.1. The molecule has 310 valence electrons. The highest BCUT2D eigenvalue weighted by Gasteiger charge is 2.23. The molecule has 0 bridgehead atoms. The van der Waals surface area contributed by atoms with Gasteiger partial charge in [0.05, 0.1) is 18.8 Å². The molecule has 0 fully saturated rings. The molecular formula is C47H93NO4. The second-order valence-corrected chi connectivity index (χ2v) is 16.3. The van der Waals surface area contributed by atoms with Gasteiger partial charge in [-0.15, -0.1) is 0 Å². The van der Waals surface area contributed by atoms with Crippen LogP contribution in [0.5, 0.6) is 0 Å². The van der Waals surface area contributed by atoms with Crippen molar-refractivity contribution in [2.24, 2.45) is 0 Å². The van der Waals surface area contributed by atoms with Crippen LogP contribution in [0.3, 0.4) is 0 Å². The van der Waals surface area contributed by atoms with Crippen molar-refractivity contribution in [3.05, 3.63) is 12.2 Å². The number of hydrogen-bond acceptors (Lipinski definition) is 4. The Labute approximate surface area is 325 Å². The van der Waals surface area contributed by atoms with Crippen LogP contribution >= 0.6 is 0 Å². The van der Waals surface area contributed by atoms with Crippen LogP contribution in [0.2, 0.25) is 0 Å². The van der Waals surface area contributed by atoms with Gasteiger partial charge in [0.25, 0.3) is 0 Å². The van der Waals surface area contributed by atoms with Gasteiger partial charge in [-0.3, -0.25) is 4.79 Å². The minimum Gasteiger partial charge on any atom is -0.394 e. The second-order valence-electron chi connectivity index (χ2n) is 16.3. The van der Waals surface area contributed by atoms with Crippen molar-refractivity contribution in [3.8, 4) is 0 Å². The van der Waals surface area contributed by atoms with E-state index in [1.54, 1.807) is 0 Å². The average Bonchev–Trinajstić information content (AvgIpc) is 3.15. The first-order valence-electron chi connectivity index (χ1n) is 23.5. The zero-order valence-electron chi connectivity index (χ0n) is 35.2. The van der Waals surface area contributed by atoms with E-state index in [0.717, 1.165) is 44.9 Å². The molecule has 3 atom stereocenters. The predicted molar refractivity (Wildman–Crippen MR) is 227 cm³/mol. The zero-order chi connectivity index (χ0) is 38.0. The number of carbonyl (C=O) groups is 1. The maximum Gasteiger partial charge on any atom is 0.249 e. The SMILES string of the molecule is CCCCCCCCCCC/C=C\CCCCCCC(O)C(=O)NC(CO)C(O)CCCCCCCCCCCCCCCCCCCCCCC. The highest BCUT2D eigenvalue weighted by atomic mass is 16.3. The first-order valence-corrected chi connectivity index (χ1v) is 23.5. The summed E-state index contributed by atoms with van der Waals surface area (Å²) in [5, 5.41) is 33.4. The summed E-state index contributed by atoms with van der Waals surface area (Å²) < 4.78 is 0. The monoisotopic (exact) mass is 736 g/mol. The van der Waals surface area contributed by atoms with Gasteiger partial charge in [0.2, 0.25) is 5.91 Å². The number of carbonyl (C=O) groups excluding carboxylic acids is 1. The molecule has 5 nitrogen and oxygen atoms in total. The largest absolute Gasteiger partial charge is 0.394 e. The van der Waals surface area contributed by atoms with Crippen molar-refractivity contribution >= 4 is 5.91 Å². The predicted octanol–water partition coefficient (Wildman–Crippen LogP) is 13.6. The summed E-state index contributed by atoms with van der Waals surface area (Å²) >= 11 is 0. The Morgan fingerprint density at radius 3 is 1.06 bits per heavy atom. The minimum atomic E-state index is -1.08. The van der Waals surface area contributed by atoms with Crippen LogP contribution < -0.4 is 5.32 Å². The van der Waals surface area contributed by atoms with E-state index in [0.29, 0.717) is 12.8 Å². The molecule has 0 aliphatic heterocycles. The number of rotatable bonds is 43. The fourth-order valence-electron chi connectivity index (χ4n) is 7.42. The van der Waals surface area contributed by atoms with E-state index >= 15 is 0 Å². The molecule has 52 heavy (non-hydrogen) atoms. The van der Waals surface area contributed by atoms with Gasteiger partial charge in [-0.2, -0.15) is 0 Å². The lowest BCUT2D eigenvalue weighted by Crippen LogP contribution is -2.49. The summed E-state index contributed by atoms with van der Waals surface area (Å²) in [6, 6.07) is -0.713. The van der Waals surface area contributed by atoms with Crippen LogP contribution in [-0.2, 0) is 4.79 Å². The summed E-state index contributed by atoms with van der Waals surface area (Å²) in [5.74, 6) is -0.476. The highest BCUT2D eigenvalue weighted by Crippen LogP contribution is 2.17. The molecule has 0 aromatic rings. The Morgan fingerprint density at radius 2 is 0.731 bits per heavy atom. The maximum atomic E-state index is 12.5. The van der Waals surface area contributed by atoms with Crippen molar-refractivity contribution in [1.82, 2.24) is 5.32 Å². The molecule has 0 radical (unpaired) electrons. The molecule has 0 aliphatic rings. The molecule has 0 aromatic carbocycles. The van der Waals surface area contributed by atoms with Crippen LogP contribution in [0.1, 0.15) is 258 Å². The Balaban J connectivity index is 3.59. The van der Waals surface area contributed by atoms with Crippen LogP contribution in [0.25, 0.3) is 0 Å². The van der Waals surface area contributed by atoms with Crippen LogP contribution in [0.15, 0.2) is 12.2 Å². The number of amides is 1. The summed E-state index contributed by atoms with van der Waals surface area (Å²) in [7, 11) is 0. The van der Waals surface area contributed by atoms with Crippen LogP contribution in [0, 0.1) is 0 Å². The van der Waals surface area contributed by atoms with Crippen molar-refractivity contribution in [2.75, 3.05) is 6.61 Å². The first-order chi connectivity index (χ1) is 25.6. The Bertz CT molecular complexity index is 728. The molecule has 0 heterocycles. The number of aliphatic hydroxyl groups is 3. The van der Waals surface area contributed by atoms with E-state index in [4.69, 9.17) is 0 Å². The number of aliphatic hydroxyl groups excluding tert-OH is 3. The molecule has 0 saturated heterocycles. The third-order valence-electron chi connectivity index (χ3n) is 11.1. The molecule has 3 unspecified atom stereocenters. The fraction of sp³-hybridized carbons (Fsp3) is 0.936. The summed E-state index contributed by atoms with van der Waals surface area (Å²) in [6.07, 6.45) is 50.8. The second kappa shape index (κ2) is 42.8. The van der Waals surface area contributed by atoms with Gasteiger partial charge in [-0.05, 0) is 38.5 Å². The van der Waals surface area contributed by atoms with Crippen LogP contribution in [-0.4, -0.2) is 46.1 Å². The minimum absolute atomic E-state index is 0.314. The number of allylic oxidation sites excluding steroid dienone is 2. The van der Waals surface area contributed by atoms with Gasteiger partial charge in [-0.1, -0.05) is 231 Å². The van der Waals surface area contributed by atoms with E-state index in [1.807, 2.05) is 0 Å². The lowest BCUT2D eigenvalue weighted by atomic mass is 10.0. The summed E-state index contributed by atoms with van der Waals surface area (Å²) in [6.45, 7) is 4.25. The van der Waals surface area contributed by atoms with Crippen LogP contribution in [0.4, 0.5) is 0 Å². The molecule has 0 rings (SSSR count). The number of hydrogen-bond donors (Lipinski definition) is 4. The van der Waals surface area contributed by atoms with E-state index in [9.17, 15) is 20.1 Å². The van der Waals surface area contributed by atoms with Crippen molar-refractivity contribution in [2.45, 2.75) is 276 Å². The van der Waals surface area contributed by atoms with Crippen molar-refractivity contribution < 1.29 is 20.1 Å². The van der Waals surface area contributed by atoms with Gasteiger partial charge in [0.15, 0.2) is 0 Å². The molecular weight excluding hydrogens is 643 g/mol. The molecule has 1 amide bonds. The van der Waals surface area contributed by atoms with E-state index in [2.05, 4.69) is 31.3 Å². The summed E-state index contributed by atoms with van der Waals surface area (Å²) in [4.78, 5) is 12.5. The topological polar surface area (TPSA) is 89.8 Å². The Hall–Kier alpha value is -0.910. The van der Waals surface area contributed by atoms with Gasteiger partial charge in [-0.25, -0.2) is 0 Å². The quantitative estimate of drug-likeness (QED) is 0.0371. The Kier molecular flexibility index (Phi) is 42.1. The lowest BCUT2D eigenvalue weighted by Gasteiger charge is -2.23. The third kappa shape index (κ3) is 37.4. The summed E-state index contributed by atoms with van der Waals surface area (Å²) in [5.41, 5.74) is 0. The number of unbranched alkanes of at least 4 members (excludes halogenated alkanes) is 33. The fourth-order valence-corrected chi connectivity index (χ4v) is 7.42. The maximum absolute atomic E-state index is 12.5. The molecule has 0 saturated carbocycles. The molecule has 4 N–H and O–H groups in total. The molecule has 0 spiro atoms. The normalized spacial score (nSPS) is 13.6. The van der Waals surface area contributed by atoms with E-state index < -0.39 is 24.2 Å². The van der Waals surface area contributed by atoms with Gasteiger partial charge < -0.3 is 20.6 Å². The standard InChI is InChI=1S/C47H93NO4/c1-3-5-7-9-11-13-15-17-19-21-22-23-24-26-27-29-31-33-35-37-39-41-45(50)44(43-49)48-47(52)46(51)42-40-38-36-34-32-30-28-25-20-18-16-14-12-10-8-6-4-2/h28,30,44-46,49-51H,3-27,29,31-43H2,1-2H3,(H,48,52)/b30-28-. The first kappa shape index (κ1) is 51.1. The van der Waals surface area contributed by atoms with Crippen molar-refractivity contribution in [3.63, 3.8) is 0 Å². The van der Waals surface area contributed by atoms with Gasteiger partial charge >= 0.3 is 0 Å². The Morgan fingerprint density at radius 1 is 0.442 bits per heavy atom. The lowest BCUT2D eigenvalue weighted by molar-refractivity contribution is -0.131. The van der Waals surface area contributed by atoms with E-state index in [1.165, 1.54) is 186 Å². The molecule has 5 heteroatoms. The van der Waals surface area contributed by atoms with Crippen molar-refractivity contribution in [1.29, 1.82) is 0 Å². The van der Waals surface area contributed by atoms with Gasteiger partial charge in [0.1, 0.15) is 6.10 Å². The number of nitrogens with one attached hydrogen (secondary N) is 1. The molecule has 0 aliphatic carbocycles. The smallest absolute Gasteiger partial charge is 0.249 e. The van der Waals surface area contributed by atoms with E-state index in [-0.39, 0.29) is 6.61 Å².